The number of hydrogen-bond acceptors (Lipinski definition) is 2. The number of amides is 1. The van der Waals surface area contributed by atoms with Crippen molar-refractivity contribution in [3.8, 4) is 11.1 Å². The fourth-order valence-corrected chi connectivity index (χ4v) is 3.29. The van der Waals surface area contributed by atoms with Gasteiger partial charge in [0, 0.05) is 22.2 Å². The summed E-state index contributed by atoms with van der Waals surface area (Å²) < 4.78 is 0. The summed E-state index contributed by atoms with van der Waals surface area (Å²) in [5, 5.41) is 4.01. The van der Waals surface area contributed by atoms with E-state index in [4.69, 9.17) is 23.2 Å². The topological polar surface area (TPSA) is 42.0 Å². The van der Waals surface area contributed by atoms with Crippen molar-refractivity contribution in [2.24, 2.45) is 0 Å². The first-order valence-electron chi connectivity index (χ1n) is 6.91. The standard InChI is InChI=1S/C16H12Cl2N2O/c17-10-3-4-11-9(5-10)6-14(21)19-13-7-12(8-1-2-8)20-16(18)15(11)13/h3-5,7-8H,1-2,6H2,(H,19,21). The van der Waals surface area contributed by atoms with Crippen LogP contribution in [0.25, 0.3) is 11.1 Å². The van der Waals surface area contributed by atoms with Crippen LogP contribution in [0.5, 0.6) is 0 Å². The summed E-state index contributed by atoms with van der Waals surface area (Å²) >= 11 is 12.5. The summed E-state index contributed by atoms with van der Waals surface area (Å²) in [5.41, 5.74) is 4.31. The van der Waals surface area contributed by atoms with E-state index in [1.165, 1.54) is 0 Å². The van der Waals surface area contributed by atoms with Gasteiger partial charge in [-0.15, -0.1) is 0 Å². The lowest BCUT2D eigenvalue weighted by Gasteiger charge is -2.12. The van der Waals surface area contributed by atoms with E-state index >= 15 is 0 Å². The molecule has 1 aromatic heterocycles. The number of pyridine rings is 1. The van der Waals surface area contributed by atoms with Gasteiger partial charge in [0.05, 0.1) is 12.1 Å². The Bertz CT molecular complexity index is 769. The fourth-order valence-electron chi connectivity index (χ4n) is 2.80. The number of aromatic nitrogens is 1. The first-order chi connectivity index (χ1) is 10.1. The first kappa shape index (κ1) is 13.1. The van der Waals surface area contributed by atoms with Crippen molar-refractivity contribution >= 4 is 34.8 Å². The van der Waals surface area contributed by atoms with Crippen LogP contribution >= 0.6 is 23.2 Å². The molecule has 1 aliphatic heterocycles. The molecule has 5 heteroatoms. The minimum atomic E-state index is -0.0544. The lowest BCUT2D eigenvalue weighted by atomic mass is 9.98. The molecule has 1 aromatic carbocycles. The summed E-state index contributed by atoms with van der Waals surface area (Å²) in [6.45, 7) is 0. The average molecular weight is 319 g/mol. The molecule has 4 rings (SSSR count). The van der Waals surface area contributed by atoms with Crippen molar-refractivity contribution in [2.45, 2.75) is 25.2 Å². The smallest absolute Gasteiger partial charge is 0.228 e. The zero-order valence-corrected chi connectivity index (χ0v) is 12.6. The van der Waals surface area contributed by atoms with Crippen molar-refractivity contribution in [2.75, 3.05) is 5.32 Å². The van der Waals surface area contributed by atoms with Gasteiger partial charge in [0.2, 0.25) is 5.91 Å². The Balaban J connectivity index is 1.96. The second-order valence-electron chi connectivity index (χ2n) is 5.56. The molecule has 1 aliphatic carbocycles. The minimum Gasteiger partial charge on any atom is -0.325 e. The molecule has 0 bridgehead atoms. The summed E-state index contributed by atoms with van der Waals surface area (Å²) in [5.74, 6) is 0.430. The summed E-state index contributed by atoms with van der Waals surface area (Å²) in [7, 11) is 0. The van der Waals surface area contributed by atoms with Crippen LogP contribution in [0.1, 0.15) is 30.0 Å². The number of halogens is 2. The van der Waals surface area contributed by atoms with Gasteiger partial charge in [-0.1, -0.05) is 29.3 Å². The highest BCUT2D eigenvalue weighted by Crippen LogP contribution is 2.45. The zero-order chi connectivity index (χ0) is 14.6. The van der Waals surface area contributed by atoms with Crippen LogP contribution in [0.2, 0.25) is 10.2 Å². The van der Waals surface area contributed by atoms with Gasteiger partial charge in [-0.2, -0.15) is 0 Å². The minimum absolute atomic E-state index is 0.0544. The third-order valence-electron chi connectivity index (χ3n) is 3.95. The maximum atomic E-state index is 12.1. The lowest BCUT2D eigenvalue weighted by Crippen LogP contribution is -2.13. The maximum Gasteiger partial charge on any atom is 0.228 e. The fraction of sp³-hybridized carbons (Fsp3) is 0.250. The third kappa shape index (κ3) is 2.30. The van der Waals surface area contributed by atoms with E-state index in [2.05, 4.69) is 10.3 Å². The van der Waals surface area contributed by atoms with Gasteiger partial charge in [0.15, 0.2) is 0 Å². The molecule has 2 aliphatic rings. The van der Waals surface area contributed by atoms with Crippen LogP contribution < -0.4 is 5.32 Å². The van der Waals surface area contributed by atoms with Crippen molar-refractivity contribution < 1.29 is 4.79 Å². The Labute approximate surface area is 132 Å². The number of anilines is 1. The Morgan fingerprint density at radius 1 is 1.19 bits per heavy atom. The molecule has 0 radical (unpaired) electrons. The molecule has 21 heavy (non-hydrogen) atoms. The molecule has 2 heterocycles. The lowest BCUT2D eigenvalue weighted by molar-refractivity contribution is -0.115. The van der Waals surface area contributed by atoms with Gasteiger partial charge in [-0.25, -0.2) is 4.98 Å². The number of carbonyl (C=O) groups is 1. The quantitative estimate of drug-likeness (QED) is 0.790. The zero-order valence-electron chi connectivity index (χ0n) is 11.1. The van der Waals surface area contributed by atoms with E-state index in [0.29, 0.717) is 22.5 Å². The number of rotatable bonds is 1. The third-order valence-corrected chi connectivity index (χ3v) is 4.46. The molecule has 2 aromatic rings. The molecule has 0 saturated heterocycles. The molecule has 1 amide bonds. The first-order valence-corrected chi connectivity index (χ1v) is 7.66. The van der Waals surface area contributed by atoms with Crippen LogP contribution in [0.3, 0.4) is 0 Å². The van der Waals surface area contributed by atoms with Crippen LogP contribution in [0.4, 0.5) is 5.69 Å². The largest absolute Gasteiger partial charge is 0.325 e. The second-order valence-corrected chi connectivity index (χ2v) is 6.36. The Morgan fingerprint density at radius 2 is 2.00 bits per heavy atom. The van der Waals surface area contributed by atoms with E-state index in [0.717, 1.165) is 40.9 Å². The van der Waals surface area contributed by atoms with E-state index in [-0.39, 0.29) is 5.91 Å². The van der Waals surface area contributed by atoms with Crippen molar-refractivity contribution in [1.29, 1.82) is 0 Å². The molecule has 3 nitrogen and oxygen atoms in total. The highest BCUT2D eigenvalue weighted by Gasteiger charge is 2.29. The monoisotopic (exact) mass is 318 g/mol. The molecule has 1 saturated carbocycles. The number of fused-ring (bicyclic) bond motifs is 3. The molecular weight excluding hydrogens is 307 g/mol. The highest BCUT2D eigenvalue weighted by atomic mass is 35.5. The molecule has 1 N–H and O–H groups in total. The van der Waals surface area contributed by atoms with Gasteiger partial charge in [-0.3, -0.25) is 4.79 Å². The van der Waals surface area contributed by atoms with Crippen molar-refractivity contribution in [1.82, 2.24) is 4.98 Å². The van der Waals surface area contributed by atoms with Crippen molar-refractivity contribution in [3.63, 3.8) is 0 Å². The van der Waals surface area contributed by atoms with Crippen LogP contribution in [0.15, 0.2) is 24.3 Å². The Morgan fingerprint density at radius 3 is 2.76 bits per heavy atom. The summed E-state index contributed by atoms with van der Waals surface area (Å²) in [6.07, 6.45) is 2.57. The average Bonchev–Trinajstić information content (AvgIpc) is 3.23. The van der Waals surface area contributed by atoms with Crippen LogP contribution in [-0.2, 0) is 11.2 Å². The number of benzene rings is 1. The number of nitrogens with zero attached hydrogens (tertiary/aromatic N) is 1. The van der Waals surface area contributed by atoms with Crippen molar-refractivity contribution in [3.05, 3.63) is 45.7 Å². The molecule has 0 spiro atoms. The van der Waals surface area contributed by atoms with Gasteiger partial charge in [0.25, 0.3) is 0 Å². The van der Waals surface area contributed by atoms with E-state index in [1.54, 1.807) is 0 Å². The SMILES string of the molecule is O=C1Cc2cc(Cl)ccc2-c2c(cc(C3CC3)nc2Cl)N1. The molecule has 106 valence electrons. The Hall–Kier alpha value is -1.58. The van der Waals surface area contributed by atoms with Crippen LogP contribution in [-0.4, -0.2) is 10.9 Å². The molecule has 0 atom stereocenters. The van der Waals surface area contributed by atoms with Gasteiger partial charge in [-0.05, 0) is 42.2 Å². The molecule has 1 fully saturated rings. The van der Waals surface area contributed by atoms with Crippen LogP contribution in [0, 0.1) is 0 Å². The molecule has 0 unspecified atom stereocenters. The van der Waals surface area contributed by atoms with E-state index < -0.39 is 0 Å². The van der Waals surface area contributed by atoms with E-state index in [1.807, 2.05) is 24.3 Å². The number of hydrogen-bond donors (Lipinski definition) is 1. The predicted molar refractivity (Wildman–Crippen MR) is 84.0 cm³/mol. The summed E-state index contributed by atoms with van der Waals surface area (Å²) in [6, 6.07) is 7.49. The highest BCUT2D eigenvalue weighted by molar-refractivity contribution is 6.33. The van der Waals surface area contributed by atoms with Gasteiger partial charge < -0.3 is 5.32 Å². The molecular formula is C16H12Cl2N2O. The van der Waals surface area contributed by atoms with E-state index in [9.17, 15) is 4.79 Å². The van der Waals surface area contributed by atoms with Gasteiger partial charge in [0.1, 0.15) is 5.15 Å². The summed E-state index contributed by atoms with van der Waals surface area (Å²) in [4.78, 5) is 16.6. The Kier molecular flexibility index (Phi) is 2.95. The maximum absolute atomic E-state index is 12.1. The number of carbonyl (C=O) groups excluding carboxylic acids is 1. The number of nitrogens with one attached hydrogen (secondary N) is 1. The van der Waals surface area contributed by atoms with Gasteiger partial charge >= 0.3 is 0 Å². The second kappa shape index (κ2) is 4.72. The normalized spacial score (nSPS) is 16.8. The predicted octanol–water partition coefficient (Wildman–Crippen LogP) is 4.43.